The van der Waals surface area contributed by atoms with E-state index in [9.17, 15) is 0 Å². The van der Waals surface area contributed by atoms with E-state index < -0.39 is 0 Å². The number of thiocarbonyl (C=S) groups is 1. The Morgan fingerprint density at radius 1 is 1.03 bits per heavy atom. The summed E-state index contributed by atoms with van der Waals surface area (Å²) < 4.78 is 5.66. The normalized spacial score (nSPS) is 20.5. The molecule has 30 heavy (non-hydrogen) atoms. The van der Waals surface area contributed by atoms with Crippen LogP contribution in [0.2, 0.25) is 0 Å². The molecule has 8 heteroatoms. The fourth-order valence-corrected chi connectivity index (χ4v) is 4.58. The van der Waals surface area contributed by atoms with Gasteiger partial charge < -0.3 is 25.2 Å². The van der Waals surface area contributed by atoms with Gasteiger partial charge in [0, 0.05) is 45.4 Å². The Morgan fingerprint density at radius 2 is 1.73 bits per heavy atom. The van der Waals surface area contributed by atoms with Crippen LogP contribution in [0, 0.1) is 0 Å². The van der Waals surface area contributed by atoms with Gasteiger partial charge in [0.1, 0.15) is 11.6 Å². The number of rotatable bonds is 5. The lowest BCUT2D eigenvalue weighted by Gasteiger charge is -2.22. The third-order valence-electron chi connectivity index (χ3n) is 6.03. The fraction of sp³-hybridized carbons (Fsp3) is 0.500. The minimum absolute atomic E-state index is 0.236. The first-order valence-corrected chi connectivity index (χ1v) is 11.3. The Kier molecular flexibility index (Phi) is 5.68. The van der Waals surface area contributed by atoms with Crippen molar-refractivity contribution < 1.29 is 4.74 Å². The number of hydrogen-bond acceptors (Lipinski definition) is 6. The molecule has 0 bridgehead atoms. The standard InChI is InChI=1S/C22H28N6OS/c30-22(23-13-18-8-5-11-29-18)26-21-24-19(27-9-3-4-10-27)12-20(25-21)28-14-16-6-1-2-7-17(16)15-28/h1-2,6-7,12,18H,3-5,8-11,13-15H2,(H2,23,24,25,26,30)/t18-/m0/s1. The lowest BCUT2D eigenvalue weighted by molar-refractivity contribution is 0.114. The van der Waals surface area contributed by atoms with Crippen LogP contribution in [0.1, 0.15) is 36.8 Å². The average molecular weight is 425 g/mol. The van der Waals surface area contributed by atoms with E-state index in [0.717, 1.165) is 57.3 Å². The van der Waals surface area contributed by atoms with Crippen molar-refractivity contribution in [1.82, 2.24) is 15.3 Å². The topological polar surface area (TPSA) is 65.6 Å². The van der Waals surface area contributed by atoms with Gasteiger partial charge in [-0.1, -0.05) is 24.3 Å². The summed E-state index contributed by atoms with van der Waals surface area (Å²) in [7, 11) is 0. The number of fused-ring (bicyclic) bond motifs is 1. The number of aromatic nitrogens is 2. The van der Waals surface area contributed by atoms with Gasteiger partial charge in [0.15, 0.2) is 5.11 Å². The second kappa shape index (κ2) is 8.73. The molecular weight excluding hydrogens is 396 g/mol. The van der Waals surface area contributed by atoms with Gasteiger partial charge in [-0.3, -0.25) is 0 Å². The van der Waals surface area contributed by atoms with Crippen molar-refractivity contribution in [2.24, 2.45) is 0 Å². The molecule has 0 saturated carbocycles. The summed E-state index contributed by atoms with van der Waals surface area (Å²) in [6.07, 6.45) is 4.85. The third-order valence-corrected chi connectivity index (χ3v) is 6.28. The molecule has 3 aliphatic heterocycles. The summed E-state index contributed by atoms with van der Waals surface area (Å²) >= 11 is 5.50. The molecule has 0 spiro atoms. The highest BCUT2D eigenvalue weighted by Gasteiger charge is 2.23. The Labute approximate surface area is 182 Å². The molecule has 1 aromatic heterocycles. The molecule has 3 aliphatic rings. The molecule has 2 saturated heterocycles. The molecule has 0 unspecified atom stereocenters. The number of anilines is 3. The largest absolute Gasteiger partial charge is 0.376 e. The van der Waals surface area contributed by atoms with E-state index in [1.165, 1.54) is 24.0 Å². The number of nitrogens with one attached hydrogen (secondary N) is 2. The van der Waals surface area contributed by atoms with Gasteiger partial charge in [0.25, 0.3) is 0 Å². The summed E-state index contributed by atoms with van der Waals surface area (Å²) in [5.74, 6) is 2.46. The molecule has 158 valence electrons. The van der Waals surface area contributed by atoms with Crippen LogP contribution in [0.3, 0.4) is 0 Å². The van der Waals surface area contributed by atoms with Gasteiger partial charge in [0.05, 0.1) is 6.10 Å². The highest BCUT2D eigenvalue weighted by atomic mass is 32.1. The number of nitrogens with zero attached hydrogens (tertiary/aromatic N) is 4. The highest BCUT2D eigenvalue weighted by molar-refractivity contribution is 7.80. The summed E-state index contributed by atoms with van der Waals surface area (Å²) in [6.45, 7) is 5.37. The van der Waals surface area contributed by atoms with Crippen LogP contribution in [-0.4, -0.2) is 47.4 Å². The molecule has 0 amide bonds. The fourth-order valence-electron chi connectivity index (χ4n) is 4.40. The van der Waals surface area contributed by atoms with E-state index >= 15 is 0 Å². The third kappa shape index (κ3) is 4.34. The number of hydrogen-bond donors (Lipinski definition) is 2. The molecule has 1 aromatic carbocycles. The van der Waals surface area contributed by atoms with Crippen molar-refractivity contribution in [3.63, 3.8) is 0 Å². The van der Waals surface area contributed by atoms with E-state index in [-0.39, 0.29) is 6.10 Å². The Morgan fingerprint density at radius 3 is 2.40 bits per heavy atom. The lowest BCUT2D eigenvalue weighted by atomic mass is 10.1. The van der Waals surface area contributed by atoms with Gasteiger partial charge >= 0.3 is 0 Å². The number of benzene rings is 1. The predicted octanol–water partition coefficient (Wildman–Crippen LogP) is 3.06. The van der Waals surface area contributed by atoms with E-state index in [0.29, 0.717) is 17.6 Å². The molecule has 7 nitrogen and oxygen atoms in total. The van der Waals surface area contributed by atoms with Gasteiger partial charge in [-0.05, 0) is 49.0 Å². The molecule has 4 heterocycles. The van der Waals surface area contributed by atoms with Crippen molar-refractivity contribution in [1.29, 1.82) is 0 Å². The van der Waals surface area contributed by atoms with Crippen LogP contribution in [0.25, 0.3) is 0 Å². The van der Waals surface area contributed by atoms with Crippen molar-refractivity contribution >= 4 is 34.9 Å². The van der Waals surface area contributed by atoms with Crippen LogP contribution < -0.4 is 20.4 Å². The zero-order valence-electron chi connectivity index (χ0n) is 17.1. The molecule has 0 radical (unpaired) electrons. The van der Waals surface area contributed by atoms with E-state index in [2.05, 4.69) is 50.8 Å². The van der Waals surface area contributed by atoms with Crippen molar-refractivity contribution in [3.05, 3.63) is 41.5 Å². The monoisotopic (exact) mass is 424 g/mol. The molecule has 2 aromatic rings. The molecule has 2 fully saturated rings. The predicted molar refractivity (Wildman–Crippen MR) is 123 cm³/mol. The first-order chi connectivity index (χ1) is 14.7. The SMILES string of the molecule is S=C(NC[C@@H]1CCCO1)Nc1nc(N2CCCC2)cc(N2Cc3ccccc3C2)n1. The highest BCUT2D eigenvalue weighted by Crippen LogP contribution is 2.30. The smallest absolute Gasteiger partial charge is 0.232 e. The van der Waals surface area contributed by atoms with Gasteiger partial charge in [0.2, 0.25) is 5.95 Å². The van der Waals surface area contributed by atoms with Gasteiger partial charge in [-0.2, -0.15) is 9.97 Å². The zero-order valence-corrected chi connectivity index (χ0v) is 18.0. The summed E-state index contributed by atoms with van der Waals surface area (Å²) in [5, 5.41) is 7.00. The lowest BCUT2D eigenvalue weighted by Crippen LogP contribution is -2.35. The Balaban J connectivity index is 1.33. The maximum atomic E-state index is 5.66. The molecule has 5 rings (SSSR count). The minimum Gasteiger partial charge on any atom is -0.376 e. The Hall–Kier alpha value is -2.45. The Bertz CT molecular complexity index is 885. The summed E-state index contributed by atoms with van der Waals surface area (Å²) in [5.41, 5.74) is 2.73. The van der Waals surface area contributed by atoms with Crippen LogP contribution in [-0.2, 0) is 17.8 Å². The van der Waals surface area contributed by atoms with Crippen molar-refractivity contribution in [2.75, 3.05) is 41.4 Å². The van der Waals surface area contributed by atoms with Crippen molar-refractivity contribution in [2.45, 2.75) is 44.9 Å². The summed E-state index contributed by atoms with van der Waals surface area (Å²) in [6, 6.07) is 10.7. The van der Waals surface area contributed by atoms with Gasteiger partial charge in [-0.25, -0.2) is 0 Å². The number of ether oxygens (including phenoxy) is 1. The van der Waals surface area contributed by atoms with Crippen LogP contribution >= 0.6 is 12.2 Å². The maximum absolute atomic E-state index is 5.66. The van der Waals surface area contributed by atoms with E-state index in [1.54, 1.807) is 0 Å². The van der Waals surface area contributed by atoms with Crippen LogP contribution in [0.15, 0.2) is 30.3 Å². The first-order valence-electron chi connectivity index (χ1n) is 10.9. The molecule has 2 N–H and O–H groups in total. The summed E-state index contributed by atoms with van der Waals surface area (Å²) in [4.78, 5) is 14.2. The molecule has 0 aliphatic carbocycles. The minimum atomic E-state index is 0.236. The van der Waals surface area contributed by atoms with E-state index in [4.69, 9.17) is 26.9 Å². The second-order valence-electron chi connectivity index (χ2n) is 8.20. The van der Waals surface area contributed by atoms with Crippen LogP contribution in [0.5, 0.6) is 0 Å². The van der Waals surface area contributed by atoms with Crippen LogP contribution in [0.4, 0.5) is 17.6 Å². The molecule has 1 atom stereocenters. The van der Waals surface area contributed by atoms with Crippen molar-refractivity contribution in [3.8, 4) is 0 Å². The zero-order chi connectivity index (χ0) is 20.3. The molecular formula is C22H28N6OS. The quantitative estimate of drug-likeness (QED) is 0.710. The average Bonchev–Trinajstić information content (AvgIpc) is 3.53. The maximum Gasteiger partial charge on any atom is 0.232 e. The van der Waals surface area contributed by atoms with E-state index in [1.807, 2.05) is 0 Å². The first kappa shape index (κ1) is 19.5. The van der Waals surface area contributed by atoms with Gasteiger partial charge in [-0.15, -0.1) is 0 Å². The second-order valence-corrected chi connectivity index (χ2v) is 8.61.